The average Bonchev–Trinajstić information content (AvgIpc) is 3.28. The third-order valence-corrected chi connectivity index (χ3v) is 6.97. The van der Waals surface area contributed by atoms with Crippen LogP contribution >= 0.6 is 0 Å². The number of hydrogen-bond donors (Lipinski definition) is 1. The Morgan fingerprint density at radius 3 is 2.56 bits per heavy atom. The Morgan fingerprint density at radius 2 is 1.78 bits per heavy atom. The molecule has 1 heterocycles. The molecule has 0 bridgehead atoms. The summed E-state index contributed by atoms with van der Waals surface area (Å²) in [6.45, 7) is 1.61. The quantitative estimate of drug-likeness (QED) is 0.700. The predicted octanol–water partition coefficient (Wildman–Crippen LogP) is 4.45. The van der Waals surface area contributed by atoms with Gasteiger partial charge in [0.15, 0.2) is 0 Å². The van der Waals surface area contributed by atoms with E-state index >= 15 is 0 Å². The molecule has 1 saturated heterocycles. The third-order valence-electron chi connectivity index (χ3n) is 6.97. The largest absolute Gasteiger partial charge is 0.496 e. The summed E-state index contributed by atoms with van der Waals surface area (Å²) < 4.78 is 5.57. The molecule has 5 heteroatoms. The van der Waals surface area contributed by atoms with Crippen LogP contribution in [0.2, 0.25) is 0 Å². The van der Waals surface area contributed by atoms with Crippen LogP contribution in [0.3, 0.4) is 0 Å². The normalized spacial score (nSPS) is 19.5. The summed E-state index contributed by atoms with van der Waals surface area (Å²) in [7, 11) is 1.68. The zero-order chi connectivity index (χ0) is 22.3. The first-order valence-electron chi connectivity index (χ1n) is 11.9. The minimum Gasteiger partial charge on any atom is -0.496 e. The van der Waals surface area contributed by atoms with Gasteiger partial charge in [-0.05, 0) is 36.0 Å². The first kappa shape index (κ1) is 22.4. The summed E-state index contributed by atoms with van der Waals surface area (Å²) in [4.78, 5) is 27.7. The molecule has 1 aliphatic carbocycles. The number of methoxy groups -OCH3 is 1. The van der Waals surface area contributed by atoms with E-state index in [-0.39, 0.29) is 17.7 Å². The molecule has 1 aliphatic heterocycles. The Balaban J connectivity index is 1.49. The van der Waals surface area contributed by atoms with Crippen molar-refractivity contribution in [3.05, 3.63) is 54.1 Å². The molecule has 1 atom stereocenters. The molecule has 5 nitrogen and oxygen atoms in total. The summed E-state index contributed by atoms with van der Waals surface area (Å²) in [5.41, 5.74) is 3.18. The van der Waals surface area contributed by atoms with Gasteiger partial charge in [-0.25, -0.2) is 0 Å². The third kappa shape index (κ3) is 5.32. The smallest absolute Gasteiger partial charge is 0.225 e. The minimum atomic E-state index is -0.260. The van der Waals surface area contributed by atoms with E-state index in [4.69, 9.17) is 4.74 Å². The van der Waals surface area contributed by atoms with E-state index in [1.165, 1.54) is 25.7 Å². The van der Waals surface area contributed by atoms with Gasteiger partial charge < -0.3 is 15.0 Å². The van der Waals surface area contributed by atoms with Gasteiger partial charge in [0.05, 0.1) is 13.0 Å². The first-order valence-corrected chi connectivity index (χ1v) is 11.9. The molecule has 1 unspecified atom stereocenters. The number of amides is 2. The first-order chi connectivity index (χ1) is 15.7. The lowest BCUT2D eigenvalue weighted by Gasteiger charge is -2.24. The van der Waals surface area contributed by atoms with Gasteiger partial charge in [-0.15, -0.1) is 0 Å². The Bertz CT molecular complexity index is 936. The van der Waals surface area contributed by atoms with Crippen LogP contribution in [0.15, 0.2) is 48.5 Å². The fraction of sp³-hybridized carbons (Fsp3) is 0.481. The molecule has 2 aromatic rings. The highest BCUT2D eigenvalue weighted by atomic mass is 16.5. The minimum absolute atomic E-state index is 0.0333. The van der Waals surface area contributed by atoms with Crippen molar-refractivity contribution in [1.82, 2.24) is 10.2 Å². The molecule has 4 rings (SSSR count). The highest BCUT2D eigenvalue weighted by molar-refractivity contribution is 5.83. The molecule has 1 N–H and O–H groups in total. The van der Waals surface area contributed by atoms with Gasteiger partial charge >= 0.3 is 0 Å². The molecule has 0 spiro atoms. The van der Waals surface area contributed by atoms with Crippen LogP contribution in [-0.4, -0.2) is 43.5 Å². The maximum atomic E-state index is 13.0. The van der Waals surface area contributed by atoms with Gasteiger partial charge in [0, 0.05) is 31.6 Å². The molecule has 170 valence electrons. The fourth-order valence-electron chi connectivity index (χ4n) is 5.16. The second-order valence-corrected chi connectivity index (χ2v) is 9.08. The Labute approximate surface area is 191 Å². The lowest BCUT2D eigenvalue weighted by Crippen LogP contribution is -2.37. The lowest BCUT2D eigenvalue weighted by molar-refractivity contribution is -0.132. The van der Waals surface area contributed by atoms with E-state index in [0.29, 0.717) is 38.4 Å². The van der Waals surface area contributed by atoms with Gasteiger partial charge in [0.2, 0.25) is 11.8 Å². The Hall–Kier alpha value is -2.82. The number of rotatable bonds is 7. The molecule has 2 aliphatic rings. The van der Waals surface area contributed by atoms with Gasteiger partial charge in [0.1, 0.15) is 5.75 Å². The predicted molar refractivity (Wildman–Crippen MR) is 126 cm³/mol. The number of hydrogen-bond acceptors (Lipinski definition) is 3. The van der Waals surface area contributed by atoms with Crippen molar-refractivity contribution in [3.8, 4) is 16.9 Å². The van der Waals surface area contributed by atoms with Crippen molar-refractivity contribution in [1.29, 1.82) is 0 Å². The Kier molecular flexibility index (Phi) is 7.46. The van der Waals surface area contributed by atoms with E-state index in [1.54, 1.807) is 7.11 Å². The van der Waals surface area contributed by atoms with Crippen LogP contribution in [0.25, 0.3) is 11.1 Å². The van der Waals surface area contributed by atoms with Crippen LogP contribution in [-0.2, 0) is 16.0 Å². The van der Waals surface area contributed by atoms with E-state index in [1.807, 2.05) is 41.3 Å². The number of carbonyl (C=O) groups excluding carboxylic acids is 2. The van der Waals surface area contributed by atoms with Gasteiger partial charge in [-0.3, -0.25) is 9.59 Å². The molecule has 0 aromatic heterocycles. The highest BCUT2D eigenvalue weighted by Gasteiger charge is 2.29. The molecule has 2 aromatic carbocycles. The second-order valence-electron chi connectivity index (χ2n) is 9.08. The van der Waals surface area contributed by atoms with E-state index < -0.39 is 0 Å². The van der Waals surface area contributed by atoms with Crippen molar-refractivity contribution in [3.63, 3.8) is 0 Å². The van der Waals surface area contributed by atoms with Crippen LogP contribution < -0.4 is 10.1 Å². The zero-order valence-corrected chi connectivity index (χ0v) is 19.0. The number of nitrogens with zero attached hydrogens (tertiary/aromatic N) is 1. The SMILES string of the molecule is COc1ccccc1-c1ccccc1CC1CN(C(=O)CCC2CCCC2)CCNC1=O. The molecular formula is C27H34N2O3. The maximum absolute atomic E-state index is 13.0. The van der Waals surface area contributed by atoms with E-state index in [2.05, 4.69) is 17.4 Å². The van der Waals surface area contributed by atoms with Gasteiger partial charge in [0.25, 0.3) is 0 Å². The summed E-state index contributed by atoms with van der Waals surface area (Å²) in [6.07, 6.45) is 7.29. The standard InChI is InChI=1S/C27H34N2O3/c1-32-25-13-7-6-12-24(25)23-11-5-4-10-21(23)18-22-19-29(17-16-28-27(22)31)26(30)15-14-20-8-2-3-9-20/h4-7,10-13,20,22H,2-3,8-9,14-19H2,1H3,(H,28,31). The molecule has 0 radical (unpaired) electrons. The van der Waals surface area contributed by atoms with E-state index in [9.17, 15) is 9.59 Å². The van der Waals surface area contributed by atoms with Crippen molar-refractivity contribution in [2.45, 2.75) is 44.9 Å². The van der Waals surface area contributed by atoms with Crippen LogP contribution in [0.1, 0.15) is 44.1 Å². The number of para-hydroxylation sites is 1. The molecule has 32 heavy (non-hydrogen) atoms. The van der Waals surface area contributed by atoms with Gasteiger partial charge in [-0.2, -0.15) is 0 Å². The molecular weight excluding hydrogens is 400 g/mol. The number of ether oxygens (including phenoxy) is 1. The van der Waals surface area contributed by atoms with Crippen molar-refractivity contribution in [2.24, 2.45) is 11.8 Å². The number of carbonyl (C=O) groups is 2. The topological polar surface area (TPSA) is 58.6 Å². The molecule has 2 amide bonds. The number of benzene rings is 2. The van der Waals surface area contributed by atoms with Crippen LogP contribution in [0.4, 0.5) is 0 Å². The zero-order valence-electron chi connectivity index (χ0n) is 19.0. The lowest BCUT2D eigenvalue weighted by atomic mass is 9.91. The van der Waals surface area contributed by atoms with Crippen LogP contribution in [0.5, 0.6) is 5.75 Å². The number of nitrogens with one attached hydrogen (secondary N) is 1. The van der Waals surface area contributed by atoms with E-state index in [0.717, 1.165) is 28.9 Å². The maximum Gasteiger partial charge on any atom is 0.225 e. The van der Waals surface area contributed by atoms with Crippen LogP contribution in [0, 0.1) is 11.8 Å². The molecule has 2 fully saturated rings. The van der Waals surface area contributed by atoms with Crippen molar-refractivity contribution >= 4 is 11.8 Å². The summed E-state index contributed by atoms with van der Waals surface area (Å²) in [6, 6.07) is 16.1. The van der Waals surface area contributed by atoms with Gasteiger partial charge in [-0.1, -0.05) is 68.1 Å². The van der Waals surface area contributed by atoms with Crippen molar-refractivity contribution < 1.29 is 14.3 Å². The average molecular weight is 435 g/mol. The van der Waals surface area contributed by atoms with Crippen molar-refractivity contribution in [2.75, 3.05) is 26.7 Å². The summed E-state index contributed by atoms with van der Waals surface area (Å²) in [5.74, 6) is 1.48. The second kappa shape index (κ2) is 10.7. The summed E-state index contributed by atoms with van der Waals surface area (Å²) >= 11 is 0. The monoisotopic (exact) mass is 434 g/mol. The Morgan fingerprint density at radius 1 is 1.06 bits per heavy atom. The summed E-state index contributed by atoms with van der Waals surface area (Å²) in [5, 5.41) is 3.02. The fourth-order valence-corrected chi connectivity index (χ4v) is 5.16. The molecule has 1 saturated carbocycles. The highest BCUT2D eigenvalue weighted by Crippen LogP contribution is 2.33.